The van der Waals surface area contributed by atoms with Crippen LogP contribution in [-0.4, -0.2) is 33.5 Å². The summed E-state index contributed by atoms with van der Waals surface area (Å²) in [5.74, 6) is -0.376. The van der Waals surface area contributed by atoms with E-state index in [1.54, 1.807) is 20.8 Å². The lowest BCUT2D eigenvalue weighted by Crippen LogP contribution is -2.60. The Labute approximate surface area is 96.6 Å². The average molecular weight is 227 g/mol. The number of carbonyl (C=O) groups excluding carboxylic acids is 2. The molecule has 1 unspecified atom stereocenters. The highest BCUT2D eigenvalue weighted by Crippen LogP contribution is 2.35. The number of piperidine rings is 1. The van der Waals surface area contributed by atoms with E-state index in [1.807, 2.05) is 13.8 Å². The summed E-state index contributed by atoms with van der Waals surface area (Å²) in [6.45, 7) is 8.85. The van der Waals surface area contributed by atoms with Crippen LogP contribution in [0, 0.1) is 5.41 Å². The third-order valence-electron chi connectivity index (χ3n) is 3.36. The summed E-state index contributed by atoms with van der Waals surface area (Å²) in [4.78, 5) is 25.2. The number of rotatable bonds is 2. The Balaban J connectivity index is 3.00. The predicted molar refractivity (Wildman–Crippen MR) is 60.6 cm³/mol. The first kappa shape index (κ1) is 13.2. The van der Waals surface area contributed by atoms with Gasteiger partial charge in [-0.25, -0.2) is 0 Å². The number of likely N-dealkylation sites (tertiary alicyclic amines) is 1. The maximum atomic E-state index is 12.0. The number of imide groups is 1. The molecule has 1 heterocycles. The summed E-state index contributed by atoms with van der Waals surface area (Å²) >= 11 is 0. The molecule has 0 aromatic carbocycles. The number of carbonyl (C=O) groups is 2. The van der Waals surface area contributed by atoms with Crippen molar-refractivity contribution in [3.8, 4) is 0 Å². The fraction of sp³-hybridized carbons (Fsp3) is 0.833. The lowest BCUT2D eigenvalue weighted by Gasteiger charge is -2.44. The first-order valence-corrected chi connectivity index (χ1v) is 5.62. The van der Waals surface area contributed by atoms with E-state index in [0.29, 0.717) is 12.8 Å². The van der Waals surface area contributed by atoms with Crippen LogP contribution in [0.3, 0.4) is 0 Å². The number of amides is 2. The molecule has 0 aromatic heterocycles. The molecule has 1 fully saturated rings. The van der Waals surface area contributed by atoms with E-state index >= 15 is 0 Å². The minimum Gasteiger partial charge on any atom is -0.391 e. The minimum atomic E-state index is -0.829. The number of hydrogen-bond acceptors (Lipinski definition) is 3. The zero-order valence-corrected chi connectivity index (χ0v) is 10.7. The molecule has 92 valence electrons. The summed E-state index contributed by atoms with van der Waals surface area (Å²) in [6.07, 6.45) is -0.0225. The molecule has 0 spiro atoms. The van der Waals surface area contributed by atoms with Gasteiger partial charge in [-0.3, -0.25) is 14.5 Å². The van der Waals surface area contributed by atoms with Gasteiger partial charge in [0.1, 0.15) is 0 Å². The van der Waals surface area contributed by atoms with Crippen LogP contribution < -0.4 is 0 Å². The highest BCUT2D eigenvalue weighted by molar-refractivity contribution is 5.99. The normalized spacial score (nSPS) is 23.5. The molecule has 0 saturated carbocycles. The molecule has 16 heavy (non-hydrogen) atoms. The molecular weight excluding hydrogens is 206 g/mol. The van der Waals surface area contributed by atoms with Crippen molar-refractivity contribution in [1.82, 2.24) is 4.90 Å². The lowest BCUT2D eigenvalue weighted by atomic mass is 9.79. The molecule has 1 N–H and O–H groups in total. The summed E-state index contributed by atoms with van der Waals surface area (Å²) in [7, 11) is 0. The number of hydrogen-bond donors (Lipinski definition) is 1. The molecule has 2 amide bonds. The van der Waals surface area contributed by atoms with Crippen LogP contribution in [-0.2, 0) is 9.59 Å². The second-order valence-corrected chi connectivity index (χ2v) is 5.97. The first-order chi connectivity index (χ1) is 7.08. The highest BCUT2D eigenvalue weighted by atomic mass is 16.3. The van der Waals surface area contributed by atoms with E-state index in [4.69, 9.17) is 0 Å². The van der Waals surface area contributed by atoms with Crippen LogP contribution >= 0.6 is 0 Å². The van der Waals surface area contributed by atoms with Gasteiger partial charge < -0.3 is 5.11 Å². The van der Waals surface area contributed by atoms with Gasteiger partial charge in [0.2, 0.25) is 11.8 Å². The van der Waals surface area contributed by atoms with Crippen LogP contribution in [0.5, 0.6) is 0 Å². The molecule has 1 saturated heterocycles. The average Bonchev–Trinajstić information content (AvgIpc) is 1.97. The number of aliphatic hydroxyl groups is 1. The third-order valence-corrected chi connectivity index (χ3v) is 3.36. The molecule has 1 aliphatic heterocycles. The Morgan fingerprint density at radius 2 is 1.62 bits per heavy atom. The van der Waals surface area contributed by atoms with Crippen molar-refractivity contribution in [2.45, 2.75) is 59.1 Å². The van der Waals surface area contributed by atoms with Gasteiger partial charge in [-0.05, 0) is 26.2 Å². The highest BCUT2D eigenvalue weighted by Gasteiger charge is 2.45. The van der Waals surface area contributed by atoms with Crippen LogP contribution in [0.2, 0.25) is 0 Å². The topological polar surface area (TPSA) is 57.6 Å². The Hall–Kier alpha value is -0.900. The van der Waals surface area contributed by atoms with E-state index in [0.717, 1.165) is 0 Å². The molecule has 0 aromatic rings. The predicted octanol–water partition coefficient (Wildman–Crippen LogP) is 1.32. The van der Waals surface area contributed by atoms with Crippen LogP contribution in [0.4, 0.5) is 0 Å². The van der Waals surface area contributed by atoms with Crippen molar-refractivity contribution in [1.29, 1.82) is 0 Å². The molecule has 4 nitrogen and oxygen atoms in total. The van der Waals surface area contributed by atoms with Gasteiger partial charge in [0.15, 0.2) is 0 Å². The molecule has 1 atom stereocenters. The quantitative estimate of drug-likeness (QED) is 0.724. The minimum absolute atomic E-state index is 0.188. The molecule has 0 bridgehead atoms. The van der Waals surface area contributed by atoms with Gasteiger partial charge in [0.25, 0.3) is 0 Å². The van der Waals surface area contributed by atoms with E-state index in [9.17, 15) is 14.7 Å². The van der Waals surface area contributed by atoms with Gasteiger partial charge in [0.05, 0.1) is 11.6 Å². The fourth-order valence-electron chi connectivity index (χ4n) is 2.01. The fourth-order valence-corrected chi connectivity index (χ4v) is 2.01. The zero-order chi connectivity index (χ0) is 12.7. The second kappa shape index (κ2) is 3.84. The molecular formula is C12H21NO3. The van der Waals surface area contributed by atoms with Crippen LogP contribution in [0.1, 0.15) is 47.5 Å². The van der Waals surface area contributed by atoms with Gasteiger partial charge in [-0.1, -0.05) is 13.8 Å². The van der Waals surface area contributed by atoms with Crippen molar-refractivity contribution in [3.05, 3.63) is 0 Å². The largest absolute Gasteiger partial charge is 0.391 e. The maximum absolute atomic E-state index is 12.0. The maximum Gasteiger partial charge on any atom is 0.230 e. The number of nitrogens with zero attached hydrogens (tertiary/aromatic N) is 1. The van der Waals surface area contributed by atoms with Crippen molar-refractivity contribution in [3.63, 3.8) is 0 Å². The standard InChI is InChI=1S/C12H21NO3/c1-8(14)12(4,5)13-9(15)6-11(2,3)7-10(13)16/h8,14H,6-7H2,1-5H3. The van der Waals surface area contributed by atoms with Crippen LogP contribution in [0.25, 0.3) is 0 Å². The summed E-state index contributed by atoms with van der Waals surface area (Å²) in [6, 6.07) is 0. The van der Waals surface area contributed by atoms with Crippen molar-refractivity contribution in [2.75, 3.05) is 0 Å². The first-order valence-electron chi connectivity index (χ1n) is 5.62. The Bertz CT molecular complexity index is 298. The summed E-state index contributed by atoms with van der Waals surface area (Å²) in [5, 5.41) is 9.65. The number of aliphatic hydroxyl groups excluding tert-OH is 1. The van der Waals surface area contributed by atoms with Gasteiger partial charge in [-0.15, -0.1) is 0 Å². The molecule has 1 aliphatic rings. The smallest absolute Gasteiger partial charge is 0.230 e. The van der Waals surface area contributed by atoms with Gasteiger partial charge in [-0.2, -0.15) is 0 Å². The molecule has 0 radical (unpaired) electrons. The Morgan fingerprint density at radius 3 is 1.94 bits per heavy atom. The monoisotopic (exact) mass is 227 g/mol. The molecule has 4 heteroatoms. The summed E-state index contributed by atoms with van der Waals surface area (Å²) < 4.78 is 0. The van der Waals surface area contributed by atoms with E-state index in [2.05, 4.69) is 0 Å². The van der Waals surface area contributed by atoms with E-state index < -0.39 is 11.6 Å². The Kier molecular flexibility index (Phi) is 3.16. The molecule has 1 rings (SSSR count). The van der Waals surface area contributed by atoms with Gasteiger partial charge >= 0.3 is 0 Å². The second-order valence-electron chi connectivity index (χ2n) is 5.97. The van der Waals surface area contributed by atoms with Crippen molar-refractivity contribution < 1.29 is 14.7 Å². The van der Waals surface area contributed by atoms with Crippen molar-refractivity contribution in [2.24, 2.45) is 5.41 Å². The zero-order valence-electron chi connectivity index (χ0n) is 10.7. The molecule has 0 aliphatic carbocycles. The van der Waals surface area contributed by atoms with Crippen LogP contribution in [0.15, 0.2) is 0 Å². The Morgan fingerprint density at radius 1 is 1.25 bits per heavy atom. The third kappa shape index (κ3) is 2.26. The summed E-state index contributed by atoms with van der Waals surface area (Å²) in [5.41, 5.74) is -1.09. The van der Waals surface area contributed by atoms with E-state index in [1.165, 1.54) is 4.90 Å². The SMILES string of the molecule is CC(O)C(C)(C)N1C(=O)CC(C)(C)CC1=O. The van der Waals surface area contributed by atoms with Gasteiger partial charge in [0, 0.05) is 12.8 Å². The lowest BCUT2D eigenvalue weighted by molar-refractivity contribution is -0.163. The van der Waals surface area contributed by atoms with E-state index in [-0.39, 0.29) is 17.2 Å². The van der Waals surface area contributed by atoms with Crippen molar-refractivity contribution >= 4 is 11.8 Å².